The van der Waals surface area contributed by atoms with Gasteiger partial charge in [-0.25, -0.2) is 18.4 Å². The van der Waals surface area contributed by atoms with E-state index in [-0.39, 0.29) is 12.1 Å². The van der Waals surface area contributed by atoms with Crippen LogP contribution in [0.1, 0.15) is 71.9 Å². The number of aliphatic hydroxyl groups is 1. The number of hydrogen-bond acceptors (Lipinski definition) is 5. The van der Waals surface area contributed by atoms with Crippen LogP contribution in [-0.2, 0) is 12.1 Å². The first-order valence-corrected chi connectivity index (χ1v) is 14.5. The fourth-order valence-corrected chi connectivity index (χ4v) is 5.49. The molecule has 2 atom stereocenters. The highest BCUT2D eigenvalue weighted by atomic mass is 19.1. The Hall–Kier alpha value is -3.33. The molecule has 0 aliphatic rings. The van der Waals surface area contributed by atoms with Crippen LogP contribution in [0.3, 0.4) is 0 Å². The van der Waals surface area contributed by atoms with Crippen LogP contribution in [0.5, 0.6) is 0 Å². The van der Waals surface area contributed by atoms with E-state index in [2.05, 4.69) is 54.8 Å². The molecular weight excluding hydrogens is 510 g/mol. The van der Waals surface area contributed by atoms with Crippen LogP contribution < -0.4 is 4.90 Å². The molecule has 9 heteroatoms. The second-order valence-electron chi connectivity index (χ2n) is 10.9. The lowest BCUT2D eigenvalue weighted by Crippen LogP contribution is -2.40. The topological polar surface area (TPSA) is 72.0 Å². The minimum Gasteiger partial charge on any atom is -0.381 e. The minimum absolute atomic E-state index is 0.0290. The van der Waals surface area contributed by atoms with Crippen LogP contribution in [0.4, 0.5) is 14.5 Å². The lowest BCUT2D eigenvalue weighted by Gasteiger charge is -2.34. The molecule has 0 aliphatic heterocycles. The van der Waals surface area contributed by atoms with Crippen molar-refractivity contribution in [3.05, 3.63) is 72.4 Å². The van der Waals surface area contributed by atoms with Gasteiger partial charge in [0.2, 0.25) is 0 Å². The number of nitrogens with zero attached hydrogens (tertiary/aromatic N) is 6. The predicted octanol–water partition coefficient (Wildman–Crippen LogP) is 6.73. The van der Waals surface area contributed by atoms with Gasteiger partial charge >= 0.3 is 0 Å². The number of benzene rings is 2. The van der Waals surface area contributed by atoms with Gasteiger partial charge in [-0.1, -0.05) is 59.4 Å². The van der Waals surface area contributed by atoms with Gasteiger partial charge in [-0.15, -0.1) is 0 Å². The lowest BCUT2D eigenvalue weighted by atomic mass is 9.86. The van der Waals surface area contributed by atoms with E-state index in [0.29, 0.717) is 11.8 Å². The van der Waals surface area contributed by atoms with Crippen LogP contribution >= 0.6 is 0 Å². The zero-order chi connectivity index (χ0) is 28.9. The smallest absolute Gasteiger partial charge is 0.137 e. The van der Waals surface area contributed by atoms with Crippen LogP contribution in [0, 0.1) is 23.5 Å². The molecule has 1 N–H and O–H groups in total. The SMILES string of the molecule is CCC(CC)CN(CC(CC)CC)c1ccc2nn([C@H](C)[C@](O)(Cn3cncn3)c3ccc(F)cc3F)cc2c1. The van der Waals surface area contributed by atoms with Gasteiger partial charge in [0.25, 0.3) is 0 Å². The molecule has 0 aliphatic carbocycles. The first-order chi connectivity index (χ1) is 19.2. The van der Waals surface area contributed by atoms with Crippen LogP contribution in [0.15, 0.2) is 55.2 Å². The third-order valence-electron chi connectivity index (χ3n) is 8.49. The Morgan fingerprint density at radius 3 is 2.20 bits per heavy atom. The molecule has 0 amide bonds. The van der Waals surface area contributed by atoms with Gasteiger partial charge in [-0.05, 0) is 43.0 Å². The average molecular weight is 553 g/mol. The summed E-state index contributed by atoms with van der Waals surface area (Å²) in [5, 5.41) is 21.8. The first kappa shape index (κ1) is 29.6. The fourth-order valence-electron chi connectivity index (χ4n) is 5.49. The van der Waals surface area contributed by atoms with Crippen LogP contribution in [-0.4, -0.2) is 42.7 Å². The van der Waals surface area contributed by atoms with Gasteiger partial charge in [-0.3, -0.25) is 4.68 Å². The van der Waals surface area contributed by atoms with Crippen LogP contribution in [0.2, 0.25) is 0 Å². The number of aromatic nitrogens is 5. The maximum atomic E-state index is 15.0. The summed E-state index contributed by atoms with van der Waals surface area (Å²) < 4.78 is 31.9. The summed E-state index contributed by atoms with van der Waals surface area (Å²) in [6.45, 7) is 12.7. The van der Waals surface area contributed by atoms with Gasteiger partial charge in [0, 0.05) is 42.0 Å². The maximum absolute atomic E-state index is 15.0. The Labute approximate surface area is 235 Å². The number of rotatable bonds is 14. The van der Waals surface area contributed by atoms with E-state index in [0.717, 1.165) is 67.5 Å². The zero-order valence-corrected chi connectivity index (χ0v) is 24.3. The predicted molar refractivity (Wildman–Crippen MR) is 155 cm³/mol. The van der Waals surface area contributed by atoms with Gasteiger partial charge in [0.05, 0.1) is 18.1 Å². The van der Waals surface area contributed by atoms with E-state index in [4.69, 9.17) is 5.10 Å². The number of hydrogen-bond donors (Lipinski definition) is 1. The second kappa shape index (κ2) is 12.9. The molecule has 2 aromatic carbocycles. The molecule has 0 bridgehead atoms. The molecular formula is C31H42F2N6O. The van der Waals surface area contributed by atoms with Crippen molar-refractivity contribution in [2.45, 2.75) is 78.5 Å². The summed E-state index contributed by atoms with van der Waals surface area (Å²) in [6.07, 6.45) is 9.25. The van der Waals surface area contributed by atoms with Crippen molar-refractivity contribution in [1.82, 2.24) is 24.5 Å². The molecule has 0 spiro atoms. The Bertz CT molecular complexity index is 1350. The summed E-state index contributed by atoms with van der Waals surface area (Å²) in [5.41, 5.74) is 0.121. The fraction of sp³-hybridized carbons (Fsp3) is 0.516. The second-order valence-corrected chi connectivity index (χ2v) is 10.9. The monoisotopic (exact) mass is 552 g/mol. The molecule has 40 heavy (non-hydrogen) atoms. The quantitative estimate of drug-likeness (QED) is 0.188. The third-order valence-corrected chi connectivity index (χ3v) is 8.49. The Kier molecular flexibility index (Phi) is 9.56. The molecule has 4 rings (SSSR count). The summed E-state index contributed by atoms with van der Waals surface area (Å²) in [5.74, 6) is -0.303. The van der Waals surface area contributed by atoms with Crippen LogP contribution in [0.25, 0.3) is 10.9 Å². The van der Waals surface area contributed by atoms with Crippen molar-refractivity contribution in [3.63, 3.8) is 0 Å². The Balaban J connectivity index is 1.72. The van der Waals surface area contributed by atoms with Gasteiger partial charge < -0.3 is 10.0 Å². The molecule has 0 unspecified atom stereocenters. The van der Waals surface area contributed by atoms with E-state index in [1.807, 2.05) is 12.3 Å². The van der Waals surface area contributed by atoms with Crippen molar-refractivity contribution >= 4 is 16.6 Å². The van der Waals surface area contributed by atoms with Crippen molar-refractivity contribution in [2.24, 2.45) is 11.8 Å². The minimum atomic E-state index is -1.78. The molecule has 216 valence electrons. The van der Waals surface area contributed by atoms with Crippen molar-refractivity contribution in [3.8, 4) is 0 Å². The summed E-state index contributed by atoms with van der Waals surface area (Å²) in [4.78, 5) is 6.46. The normalized spacial score (nSPS) is 14.2. The van der Waals surface area contributed by atoms with E-state index in [1.54, 1.807) is 11.6 Å². The highest BCUT2D eigenvalue weighted by Crippen LogP contribution is 2.37. The van der Waals surface area contributed by atoms with Gasteiger partial charge in [-0.2, -0.15) is 10.2 Å². The van der Waals surface area contributed by atoms with E-state index in [9.17, 15) is 9.50 Å². The molecule has 0 radical (unpaired) electrons. The number of anilines is 1. The highest BCUT2D eigenvalue weighted by Gasteiger charge is 2.41. The molecule has 2 aromatic heterocycles. The Morgan fingerprint density at radius 1 is 0.950 bits per heavy atom. The zero-order valence-electron chi connectivity index (χ0n) is 24.3. The largest absolute Gasteiger partial charge is 0.381 e. The van der Waals surface area contributed by atoms with Gasteiger partial charge in [0.15, 0.2) is 0 Å². The molecule has 0 saturated heterocycles. The van der Waals surface area contributed by atoms with Crippen molar-refractivity contribution in [1.29, 1.82) is 0 Å². The summed E-state index contributed by atoms with van der Waals surface area (Å²) >= 11 is 0. The van der Waals surface area contributed by atoms with Crippen molar-refractivity contribution in [2.75, 3.05) is 18.0 Å². The molecule has 0 fully saturated rings. The van der Waals surface area contributed by atoms with E-state index < -0.39 is 23.3 Å². The Morgan fingerprint density at radius 2 is 1.62 bits per heavy atom. The lowest BCUT2D eigenvalue weighted by molar-refractivity contribution is -0.0366. The summed E-state index contributed by atoms with van der Waals surface area (Å²) in [6, 6.07) is 8.80. The first-order valence-electron chi connectivity index (χ1n) is 14.5. The molecule has 0 saturated carbocycles. The number of fused-ring (bicyclic) bond motifs is 1. The number of halogens is 2. The van der Waals surface area contributed by atoms with E-state index in [1.165, 1.54) is 23.4 Å². The highest BCUT2D eigenvalue weighted by molar-refractivity contribution is 5.82. The standard InChI is InChI=1S/C31H42F2N6O/c1-6-23(7-2)16-37(17-24(8-3)9-4)27-11-13-30-25(14-27)18-39(36-30)22(5)31(40,19-38-21-34-20-35-38)28-12-10-26(32)15-29(28)33/h10-15,18,20-24,40H,6-9,16-17,19H2,1-5H3/t22-,31-/m1/s1. The maximum Gasteiger partial charge on any atom is 0.137 e. The average Bonchev–Trinajstić information content (AvgIpc) is 3.62. The van der Waals surface area contributed by atoms with Crippen molar-refractivity contribution < 1.29 is 13.9 Å². The molecule has 2 heterocycles. The third kappa shape index (κ3) is 6.35. The molecule has 4 aromatic rings. The summed E-state index contributed by atoms with van der Waals surface area (Å²) in [7, 11) is 0. The van der Waals surface area contributed by atoms with Gasteiger partial charge in [0.1, 0.15) is 29.9 Å². The molecule has 7 nitrogen and oxygen atoms in total. The van der Waals surface area contributed by atoms with E-state index >= 15 is 4.39 Å².